The van der Waals surface area contributed by atoms with E-state index in [1.165, 1.54) is 0 Å². The van der Waals surface area contributed by atoms with Crippen LogP contribution in [-0.4, -0.2) is 33.1 Å². The molecule has 1 aromatic rings. The lowest BCUT2D eigenvalue weighted by Crippen LogP contribution is -2.51. The first-order valence-electron chi connectivity index (χ1n) is 8.13. The zero-order chi connectivity index (χ0) is 15.5. The number of fused-ring (bicyclic) bond motifs is 3. The Labute approximate surface area is 129 Å². The quantitative estimate of drug-likeness (QED) is 0.781. The topological polar surface area (TPSA) is 84.2 Å². The van der Waals surface area contributed by atoms with Crippen molar-refractivity contribution in [1.29, 1.82) is 0 Å². The average Bonchev–Trinajstić information content (AvgIpc) is 3.04. The van der Waals surface area contributed by atoms with Crippen LogP contribution >= 0.6 is 0 Å². The van der Waals surface area contributed by atoms with E-state index in [-0.39, 0.29) is 23.7 Å². The summed E-state index contributed by atoms with van der Waals surface area (Å²) in [5, 5.41) is 12.4. The number of aryl methyl sites for hydroxylation is 1. The summed E-state index contributed by atoms with van der Waals surface area (Å²) in [5.41, 5.74) is 0. The summed E-state index contributed by atoms with van der Waals surface area (Å²) in [5.74, 6) is -1.25. The highest BCUT2D eigenvalue weighted by Crippen LogP contribution is 2.49. The smallest absolute Gasteiger partial charge is 0.307 e. The van der Waals surface area contributed by atoms with Gasteiger partial charge in [0.15, 0.2) is 0 Å². The molecule has 2 atom stereocenters. The number of nitrogens with zero attached hydrogens (tertiary/aromatic N) is 2. The zero-order valence-corrected chi connectivity index (χ0v) is 12.6. The van der Waals surface area contributed by atoms with Gasteiger partial charge in [-0.3, -0.25) is 9.59 Å². The number of hydrogen-bond acceptors (Lipinski definition) is 3. The monoisotopic (exact) mass is 305 g/mol. The molecule has 6 nitrogen and oxygen atoms in total. The predicted molar refractivity (Wildman–Crippen MR) is 79.9 cm³/mol. The molecule has 1 aromatic heterocycles. The van der Waals surface area contributed by atoms with Crippen LogP contribution in [0.4, 0.5) is 0 Å². The van der Waals surface area contributed by atoms with Gasteiger partial charge in [0.2, 0.25) is 5.91 Å². The van der Waals surface area contributed by atoms with Crippen LogP contribution in [0.2, 0.25) is 0 Å². The standard InChI is InChI=1S/C16H23N3O3/c20-15(18-6-1-8-19-9-7-17-10-19)13-11-2-4-12(5-3-11)14(13)16(21)22/h7,9-14H,1-6,8H2,(H,18,20)(H,21,22)/t11?,12?,13-,14+/m1/s1. The summed E-state index contributed by atoms with van der Waals surface area (Å²) < 4.78 is 1.97. The number of carboxylic acids is 1. The Balaban J connectivity index is 1.53. The zero-order valence-electron chi connectivity index (χ0n) is 12.6. The van der Waals surface area contributed by atoms with Crippen molar-refractivity contribution in [2.45, 2.75) is 38.6 Å². The number of carbonyl (C=O) groups excluding carboxylic acids is 1. The van der Waals surface area contributed by atoms with Crippen molar-refractivity contribution in [2.75, 3.05) is 6.54 Å². The first kappa shape index (κ1) is 15.1. The highest BCUT2D eigenvalue weighted by molar-refractivity contribution is 5.85. The number of aliphatic carboxylic acids is 1. The molecular formula is C16H23N3O3. The Morgan fingerprint density at radius 2 is 1.86 bits per heavy atom. The van der Waals surface area contributed by atoms with Gasteiger partial charge in [-0.15, -0.1) is 0 Å². The van der Waals surface area contributed by atoms with Gasteiger partial charge in [0, 0.05) is 25.5 Å². The maximum absolute atomic E-state index is 12.5. The van der Waals surface area contributed by atoms with Gasteiger partial charge in [-0.2, -0.15) is 0 Å². The van der Waals surface area contributed by atoms with Gasteiger partial charge in [-0.1, -0.05) is 0 Å². The van der Waals surface area contributed by atoms with Gasteiger partial charge in [-0.25, -0.2) is 4.98 Å². The number of rotatable bonds is 6. The van der Waals surface area contributed by atoms with Crippen LogP contribution in [0.25, 0.3) is 0 Å². The normalized spacial score (nSPS) is 30.2. The summed E-state index contributed by atoms with van der Waals surface area (Å²) in [4.78, 5) is 28.0. The van der Waals surface area contributed by atoms with Crippen LogP contribution < -0.4 is 5.32 Å². The second kappa shape index (κ2) is 6.50. The molecule has 120 valence electrons. The maximum Gasteiger partial charge on any atom is 0.307 e. The first-order chi connectivity index (χ1) is 10.7. The molecule has 2 N–H and O–H groups in total. The number of carboxylic acid groups (broad SMARTS) is 1. The van der Waals surface area contributed by atoms with Crippen LogP contribution in [0, 0.1) is 23.7 Å². The molecule has 3 fully saturated rings. The number of amides is 1. The number of carbonyl (C=O) groups is 2. The third kappa shape index (κ3) is 3.00. The third-order valence-electron chi connectivity index (χ3n) is 5.26. The van der Waals surface area contributed by atoms with E-state index in [4.69, 9.17) is 0 Å². The van der Waals surface area contributed by atoms with E-state index in [0.717, 1.165) is 38.6 Å². The second-order valence-corrected chi connectivity index (χ2v) is 6.51. The summed E-state index contributed by atoms with van der Waals surface area (Å²) >= 11 is 0. The van der Waals surface area contributed by atoms with Crippen LogP contribution in [0.5, 0.6) is 0 Å². The number of hydrogen-bond donors (Lipinski definition) is 2. The SMILES string of the molecule is O=C(NCCCn1ccnc1)[C@@H]1C2CCC(CC2)[C@@H]1C(=O)O. The fourth-order valence-corrected chi connectivity index (χ4v) is 4.19. The molecule has 0 spiro atoms. The summed E-state index contributed by atoms with van der Waals surface area (Å²) in [6.07, 6.45) is 10.1. The van der Waals surface area contributed by atoms with Gasteiger partial charge in [-0.05, 0) is 43.9 Å². The summed E-state index contributed by atoms with van der Waals surface area (Å²) in [6.45, 7) is 1.39. The van der Waals surface area contributed by atoms with Gasteiger partial charge in [0.1, 0.15) is 0 Å². The Hall–Kier alpha value is -1.85. The van der Waals surface area contributed by atoms with Crippen molar-refractivity contribution in [3.05, 3.63) is 18.7 Å². The second-order valence-electron chi connectivity index (χ2n) is 6.51. The van der Waals surface area contributed by atoms with E-state index in [2.05, 4.69) is 10.3 Å². The van der Waals surface area contributed by atoms with Crippen molar-refractivity contribution >= 4 is 11.9 Å². The lowest BCUT2D eigenvalue weighted by atomic mass is 9.58. The lowest BCUT2D eigenvalue weighted by molar-refractivity contribution is -0.158. The van der Waals surface area contributed by atoms with E-state index in [0.29, 0.717) is 6.54 Å². The minimum absolute atomic E-state index is 0.0626. The molecule has 3 aliphatic carbocycles. The van der Waals surface area contributed by atoms with Gasteiger partial charge >= 0.3 is 5.97 Å². The van der Waals surface area contributed by atoms with Gasteiger partial charge < -0.3 is 15.0 Å². The predicted octanol–water partition coefficient (Wildman–Crippen LogP) is 1.53. The van der Waals surface area contributed by atoms with Gasteiger partial charge in [0.05, 0.1) is 18.2 Å². The van der Waals surface area contributed by atoms with Crippen LogP contribution in [-0.2, 0) is 16.1 Å². The van der Waals surface area contributed by atoms with Crippen molar-refractivity contribution in [1.82, 2.24) is 14.9 Å². The molecule has 22 heavy (non-hydrogen) atoms. The van der Waals surface area contributed by atoms with Crippen LogP contribution in [0.3, 0.4) is 0 Å². The van der Waals surface area contributed by atoms with Crippen LogP contribution in [0.1, 0.15) is 32.1 Å². The number of nitrogens with one attached hydrogen (secondary N) is 1. The van der Waals surface area contributed by atoms with Crippen molar-refractivity contribution in [3.63, 3.8) is 0 Å². The molecule has 0 unspecified atom stereocenters. The Kier molecular flexibility index (Phi) is 4.45. The minimum atomic E-state index is -0.798. The fraction of sp³-hybridized carbons (Fsp3) is 0.688. The van der Waals surface area contributed by atoms with E-state index in [1.807, 2.05) is 10.8 Å². The molecule has 0 saturated heterocycles. The number of imidazole rings is 1. The molecule has 0 aromatic carbocycles. The van der Waals surface area contributed by atoms with E-state index >= 15 is 0 Å². The lowest BCUT2D eigenvalue weighted by Gasteiger charge is -2.45. The molecule has 6 heteroatoms. The molecule has 4 rings (SSSR count). The number of aromatic nitrogens is 2. The molecule has 2 bridgehead atoms. The molecule has 0 radical (unpaired) electrons. The summed E-state index contributed by atoms with van der Waals surface area (Å²) in [7, 11) is 0. The maximum atomic E-state index is 12.5. The van der Waals surface area contributed by atoms with Crippen LogP contribution in [0.15, 0.2) is 18.7 Å². The summed E-state index contributed by atoms with van der Waals surface area (Å²) in [6, 6.07) is 0. The van der Waals surface area contributed by atoms with E-state index in [9.17, 15) is 14.7 Å². The fourth-order valence-electron chi connectivity index (χ4n) is 4.19. The molecule has 1 amide bonds. The molecule has 1 heterocycles. The Morgan fingerprint density at radius 1 is 1.18 bits per heavy atom. The molecule has 3 aliphatic rings. The average molecular weight is 305 g/mol. The minimum Gasteiger partial charge on any atom is -0.481 e. The van der Waals surface area contributed by atoms with Crippen molar-refractivity contribution < 1.29 is 14.7 Å². The molecule has 3 saturated carbocycles. The van der Waals surface area contributed by atoms with Gasteiger partial charge in [0.25, 0.3) is 0 Å². The molecule has 0 aliphatic heterocycles. The largest absolute Gasteiger partial charge is 0.481 e. The highest BCUT2D eigenvalue weighted by Gasteiger charge is 2.50. The van der Waals surface area contributed by atoms with E-state index < -0.39 is 11.9 Å². The first-order valence-corrected chi connectivity index (χ1v) is 8.13. The van der Waals surface area contributed by atoms with Crippen molar-refractivity contribution in [3.8, 4) is 0 Å². The van der Waals surface area contributed by atoms with Crippen molar-refractivity contribution in [2.24, 2.45) is 23.7 Å². The Morgan fingerprint density at radius 3 is 2.45 bits per heavy atom. The third-order valence-corrected chi connectivity index (χ3v) is 5.26. The van der Waals surface area contributed by atoms with E-state index in [1.54, 1.807) is 12.5 Å². The molecular weight excluding hydrogens is 282 g/mol. The Bertz CT molecular complexity index is 521. The highest BCUT2D eigenvalue weighted by atomic mass is 16.4.